The van der Waals surface area contributed by atoms with Crippen molar-refractivity contribution in [1.29, 1.82) is 5.41 Å². The Morgan fingerprint density at radius 3 is 1.76 bits per heavy atom. The molecule has 0 saturated carbocycles. The van der Waals surface area contributed by atoms with Crippen molar-refractivity contribution in [3.05, 3.63) is 0 Å². The first kappa shape index (κ1) is 16.7. The Morgan fingerprint density at radius 2 is 1.41 bits per heavy atom. The highest BCUT2D eigenvalue weighted by Gasteiger charge is 2.26. The van der Waals surface area contributed by atoms with Gasteiger partial charge in [0.1, 0.15) is 0 Å². The lowest BCUT2D eigenvalue weighted by molar-refractivity contribution is 0.210. The molecule has 0 saturated heterocycles. The fourth-order valence-corrected chi connectivity index (χ4v) is 2.99. The van der Waals surface area contributed by atoms with E-state index in [4.69, 9.17) is 5.41 Å². The lowest BCUT2D eigenvalue weighted by Gasteiger charge is -2.32. The van der Waals surface area contributed by atoms with Gasteiger partial charge in [-0.3, -0.25) is 0 Å². The van der Waals surface area contributed by atoms with Crippen molar-refractivity contribution in [2.24, 2.45) is 10.8 Å². The van der Waals surface area contributed by atoms with E-state index in [2.05, 4.69) is 34.6 Å². The molecule has 1 unspecified atom stereocenters. The van der Waals surface area contributed by atoms with Gasteiger partial charge in [0.15, 0.2) is 0 Å². The second kappa shape index (κ2) is 7.89. The van der Waals surface area contributed by atoms with Gasteiger partial charge in [0.2, 0.25) is 0 Å². The maximum atomic E-state index is 7.60. The highest BCUT2D eigenvalue weighted by molar-refractivity contribution is 5.61. The average Bonchev–Trinajstić information content (AvgIpc) is 2.36. The van der Waals surface area contributed by atoms with Gasteiger partial charge in [-0.25, -0.2) is 0 Å². The van der Waals surface area contributed by atoms with E-state index in [1.54, 1.807) is 6.21 Å². The first-order valence-corrected chi connectivity index (χ1v) is 7.53. The molecule has 0 aromatic carbocycles. The summed E-state index contributed by atoms with van der Waals surface area (Å²) in [7, 11) is 0. The van der Waals surface area contributed by atoms with Crippen LogP contribution in [0.3, 0.4) is 0 Å². The molecule has 1 heteroatoms. The molecule has 0 aliphatic rings. The number of nitrogens with one attached hydrogen (secondary N) is 1. The maximum Gasteiger partial charge on any atom is 0.00212 e. The van der Waals surface area contributed by atoms with Crippen molar-refractivity contribution < 1.29 is 0 Å². The molecule has 0 rings (SSSR count). The first-order chi connectivity index (χ1) is 8.01. The molecule has 1 atom stereocenters. The Morgan fingerprint density at radius 1 is 0.882 bits per heavy atom. The third-order valence-electron chi connectivity index (χ3n) is 4.87. The largest absolute Gasteiger partial charge is 0.313 e. The standard InChI is InChI=1S/C16H33N/c1-6-11-15(5,14-17)12-10-13-16(7-2,8-3)9-4/h14,17H,6-13H2,1-5H3. The van der Waals surface area contributed by atoms with Crippen molar-refractivity contribution >= 4 is 6.21 Å². The fourth-order valence-electron chi connectivity index (χ4n) is 2.99. The summed E-state index contributed by atoms with van der Waals surface area (Å²) in [6.45, 7) is 11.4. The average molecular weight is 239 g/mol. The molecule has 0 aliphatic heterocycles. The highest BCUT2D eigenvalue weighted by atomic mass is 14.4. The second-order valence-electron chi connectivity index (χ2n) is 5.96. The molecule has 0 radical (unpaired) electrons. The molecule has 1 N–H and O–H groups in total. The minimum atomic E-state index is 0.149. The highest BCUT2D eigenvalue weighted by Crippen LogP contribution is 2.38. The van der Waals surface area contributed by atoms with Gasteiger partial charge >= 0.3 is 0 Å². The van der Waals surface area contributed by atoms with Gasteiger partial charge in [-0.15, -0.1) is 0 Å². The van der Waals surface area contributed by atoms with Crippen LogP contribution in [0.1, 0.15) is 86.0 Å². The number of hydrogen-bond donors (Lipinski definition) is 1. The van der Waals surface area contributed by atoms with Crippen LogP contribution in [-0.4, -0.2) is 6.21 Å². The molecular formula is C16H33N. The van der Waals surface area contributed by atoms with Crippen LogP contribution in [0.4, 0.5) is 0 Å². The fraction of sp³-hybridized carbons (Fsp3) is 0.938. The smallest absolute Gasteiger partial charge is 0.00212 e. The quantitative estimate of drug-likeness (QED) is 0.464. The Hall–Kier alpha value is -0.330. The molecule has 0 fully saturated rings. The van der Waals surface area contributed by atoms with Crippen LogP contribution < -0.4 is 0 Å². The zero-order chi connectivity index (χ0) is 13.4. The Kier molecular flexibility index (Phi) is 7.74. The third kappa shape index (κ3) is 5.23. The lowest BCUT2D eigenvalue weighted by Crippen LogP contribution is -2.21. The summed E-state index contributed by atoms with van der Waals surface area (Å²) in [6.07, 6.45) is 11.7. The minimum Gasteiger partial charge on any atom is -0.313 e. The molecule has 0 spiro atoms. The number of rotatable bonds is 10. The molecule has 102 valence electrons. The second-order valence-corrected chi connectivity index (χ2v) is 5.96. The van der Waals surface area contributed by atoms with Crippen LogP contribution in [0.2, 0.25) is 0 Å². The van der Waals surface area contributed by atoms with Crippen LogP contribution in [-0.2, 0) is 0 Å². The van der Waals surface area contributed by atoms with Crippen molar-refractivity contribution in [3.63, 3.8) is 0 Å². The summed E-state index contributed by atoms with van der Waals surface area (Å²) in [6, 6.07) is 0. The summed E-state index contributed by atoms with van der Waals surface area (Å²) < 4.78 is 0. The molecule has 0 aliphatic carbocycles. The van der Waals surface area contributed by atoms with E-state index in [-0.39, 0.29) is 5.41 Å². The lowest BCUT2D eigenvalue weighted by atomic mass is 9.73. The van der Waals surface area contributed by atoms with Gasteiger partial charge in [-0.1, -0.05) is 66.7 Å². The van der Waals surface area contributed by atoms with Crippen LogP contribution in [0.25, 0.3) is 0 Å². The van der Waals surface area contributed by atoms with Gasteiger partial charge in [0.05, 0.1) is 0 Å². The molecular weight excluding hydrogens is 206 g/mol. The Balaban J connectivity index is 4.23. The predicted octanol–water partition coefficient (Wildman–Crippen LogP) is 5.83. The summed E-state index contributed by atoms with van der Waals surface area (Å²) in [5.41, 5.74) is 0.713. The first-order valence-electron chi connectivity index (χ1n) is 7.53. The van der Waals surface area contributed by atoms with Crippen LogP contribution in [0, 0.1) is 16.2 Å². The van der Waals surface area contributed by atoms with Gasteiger partial charge in [-0.2, -0.15) is 0 Å². The summed E-state index contributed by atoms with van der Waals surface area (Å²) >= 11 is 0. The Bertz CT molecular complexity index is 197. The van der Waals surface area contributed by atoms with Gasteiger partial charge < -0.3 is 5.41 Å². The van der Waals surface area contributed by atoms with E-state index in [1.165, 1.54) is 44.9 Å². The van der Waals surface area contributed by atoms with E-state index in [0.29, 0.717) is 5.41 Å². The van der Waals surface area contributed by atoms with Crippen molar-refractivity contribution in [1.82, 2.24) is 0 Å². The predicted molar refractivity (Wildman–Crippen MR) is 79.0 cm³/mol. The Labute approximate surface area is 109 Å². The van der Waals surface area contributed by atoms with Crippen molar-refractivity contribution in [2.45, 2.75) is 86.0 Å². The van der Waals surface area contributed by atoms with E-state index in [1.807, 2.05) is 0 Å². The molecule has 0 amide bonds. The van der Waals surface area contributed by atoms with Crippen LogP contribution >= 0.6 is 0 Å². The van der Waals surface area contributed by atoms with Gasteiger partial charge in [0.25, 0.3) is 0 Å². The minimum absolute atomic E-state index is 0.149. The summed E-state index contributed by atoms with van der Waals surface area (Å²) in [5, 5.41) is 7.60. The van der Waals surface area contributed by atoms with Crippen LogP contribution in [0.5, 0.6) is 0 Å². The maximum absolute atomic E-state index is 7.60. The summed E-state index contributed by atoms with van der Waals surface area (Å²) in [5.74, 6) is 0. The molecule has 0 aromatic rings. The molecule has 17 heavy (non-hydrogen) atoms. The van der Waals surface area contributed by atoms with E-state index in [0.717, 1.165) is 6.42 Å². The molecule has 0 bridgehead atoms. The molecule has 1 nitrogen and oxygen atoms in total. The van der Waals surface area contributed by atoms with Crippen molar-refractivity contribution in [2.75, 3.05) is 0 Å². The zero-order valence-corrected chi connectivity index (χ0v) is 12.7. The zero-order valence-electron chi connectivity index (χ0n) is 12.7. The topological polar surface area (TPSA) is 23.9 Å². The van der Waals surface area contributed by atoms with E-state index < -0.39 is 0 Å². The van der Waals surface area contributed by atoms with E-state index in [9.17, 15) is 0 Å². The summed E-state index contributed by atoms with van der Waals surface area (Å²) in [4.78, 5) is 0. The van der Waals surface area contributed by atoms with Gasteiger partial charge in [0, 0.05) is 11.6 Å². The van der Waals surface area contributed by atoms with Gasteiger partial charge in [-0.05, 0) is 24.7 Å². The monoisotopic (exact) mass is 239 g/mol. The SMILES string of the molecule is CCCC(C)(C=N)CCCC(CC)(CC)CC. The normalized spacial score (nSPS) is 15.6. The van der Waals surface area contributed by atoms with E-state index >= 15 is 0 Å². The third-order valence-corrected chi connectivity index (χ3v) is 4.87. The molecule has 0 heterocycles. The van der Waals surface area contributed by atoms with Crippen molar-refractivity contribution in [3.8, 4) is 0 Å². The molecule has 0 aromatic heterocycles. The van der Waals surface area contributed by atoms with Crippen LogP contribution in [0.15, 0.2) is 0 Å². The number of hydrogen-bond acceptors (Lipinski definition) is 1.